The molecule has 4 aliphatic rings. The predicted octanol–water partition coefficient (Wildman–Crippen LogP) is 3.49. The number of carbonyl (C=O) groups excluding carboxylic acids is 1. The highest BCUT2D eigenvalue weighted by Crippen LogP contribution is 2.64. The molecule has 0 saturated heterocycles. The third-order valence-corrected chi connectivity index (χ3v) is 7.66. The summed E-state index contributed by atoms with van der Waals surface area (Å²) in [7, 11) is 0. The minimum atomic E-state index is -0.908. The molecule has 0 heterocycles. The van der Waals surface area contributed by atoms with Crippen LogP contribution in [0.5, 0.6) is 0 Å². The standard InChI is InChI=1S/C20H26O2/c1-3-20(22)11-9-18-17-6-4-13-12-14(21)5-7-15(13)16(17)8-10-19(18,20)2/h1,4,15-18,22H,5-12H2,2H3/t15?,16-,17-,18+,19+,20+/m1/s1. The van der Waals surface area contributed by atoms with Gasteiger partial charge in [0.15, 0.2) is 0 Å². The van der Waals surface area contributed by atoms with E-state index in [1.807, 2.05) is 0 Å². The number of rotatable bonds is 0. The minimum Gasteiger partial charge on any atom is -0.377 e. The lowest BCUT2D eigenvalue weighted by Crippen LogP contribution is -2.51. The van der Waals surface area contributed by atoms with E-state index in [0.29, 0.717) is 35.9 Å². The fourth-order valence-electron chi connectivity index (χ4n) is 6.36. The lowest BCUT2D eigenvalue weighted by molar-refractivity contribution is -0.121. The summed E-state index contributed by atoms with van der Waals surface area (Å²) >= 11 is 0. The van der Waals surface area contributed by atoms with E-state index in [0.717, 1.165) is 44.9 Å². The second kappa shape index (κ2) is 4.71. The molecular weight excluding hydrogens is 272 g/mol. The Hall–Kier alpha value is -1.07. The van der Waals surface area contributed by atoms with Crippen molar-refractivity contribution in [3.05, 3.63) is 11.6 Å². The number of hydrogen-bond acceptors (Lipinski definition) is 2. The van der Waals surface area contributed by atoms with Crippen LogP contribution < -0.4 is 0 Å². The molecule has 4 rings (SSSR count). The number of fused-ring (bicyclic) bond motifs is 5. The Bertz CT molecular complexity index is 583. The average Bonchev–Trinajstić information content (AvgIpc) is 2.79. The summed E-state index contributed by atoms with van der Waals surface area (Å²) in [6.07, 6.45) is 15.7. The summed E-state index contributed by atoms with van der Waals surface area (Å²) in [4.78, 5) is 11.7. The Morgan fingerprint density at radius 1 is 1.27 bits per heavy atom. The molecule has 1 N–H and O–H groups in total. The molecule has 118 valence electrons. The Morgan fingerprint density at radius 3 is 2.86 bits per heavy atom. The summed E-state index contributed by atoms with van der Waals surface area (Å²) in [6.45, 7) is 2.23. The quantitative estimate of drug-likeness (QED) is 0.549. The van der Waals surface area contributed by atoms with Gasteiger partial charge in [0.2, 0.25) is 0 Å². The van der Waals surface area contributed by atoms with Crippen molar-refractivity contribution in [3.63, 3.8) is 0 Å². The highest BCUT2D eigenvalue weighted by atomic mass is 16.3. The van der Waals surface area contributed by atoms with Gasteiger partial charge in [0, 0.05) is 18.3 Å². The molecular formula is C20H26O2. The Kier molecular flexibility index (Phi) is 3.11. The van der Waals surface area contributed by atoms with Crippen molar-refractivity contribution >= 4 is 5.78 Å². The van der Waals surface area contributed by atoms with E-state index in [4.69, 9.17) is 6.42 Å². The van der Waals surface area contributed by atoms with Gasteiger partial charge in [0.25, 0.3) is 0 Å². The highest BCUT2D eigenvalue weighted by molar-refractivity contribution is 5.82. The SMILES string of the molecule is C#C[C@]1(O)CC[C@H]2[C@@H]3CC=C4CC(=O)CCC4[C@H]3CC[C@@]21C. The Balaban J connectivity index is 1.66. The topological polar surface area (TPSA) is 37.3 Å². The number of carbonyl (C=O) groups is 1. The highest BCUT2D eigenvalue weighted by Gasteiger charge is 2.61. The monoisotopic (exact) mass is 298 g/mol. The number of ketones is 1. The summed E-state index contributed by atoms with van der Waals surface area (Å²) in [5.41, 5.74) is 0.403. The first-order valence-corrected chi connectivity index (χ1v) is 8.89. The molecule has 0 aliphatic heterocycles. The van der Waals surface area contributed by atoms with Crippen molar-refractivity contribution in [2.75, 3.05) is 0 Å². The minimum absolute atomic E-state index is 0.112. The third kappa shape index (κ3) is 1.75. The van der Waals surface area contributed by atoms with Crippen LogP contribution in [0.4, 0.5) is 0 Å². The zero-order valence-electron chi connectivity index (χ0n) is 13.5. The van der Waals surface area contributed by atoms with Crippen LogP contribution in [-0.2, 0) is 4.79 Å². The van der Waals surface area contributed by atoms with Gasteiger partial charge in [-0.2, -0.15) is 0 Å². The van der Waals surface area contributed by atoms with Crippen LogP contribution in [0.3, 0.4) is 0 Å². The number of hydrogen-bond donors (Lipinski definition) is 1. The molecule has 0 aromatic rings. The fraction of sp³-hybridized carbons (Fsp3) is 0.750. The molecule has 3 saturated carbocycles. The molecule has 1 unspecified atom stereocenters. The maximum absolute atomic E-state index is 11.7. The molecule has 0 aromatic carbocycles. The second-order valence-electron chi connectivity index (χ2n) is 8.31. The second-order valence-corrected chi connectivity index (χ2v) is 8.31. The van der Waals surface area contributed by atoms with Gasteiger partial charge in [-0.25, -0.2) is 0 Å². The molecule has 4 aliphatic carbocycles. The molecule has 3 fully saturated rings. The molecule has 2 nitrogen and oxygen atoms in total. The smallest absolute Gasteiger partial charge is 0.136 e. The van der Waals surface area contributed by atoms with Gasteiger partial charge in [-0.1, -0.05) is 24.5 Å². The van der Waals surface area contributed by atoms with E-state index in [1.54, 1.807) is 0 Å². The average molecular weight is 298 g/mol. The van der Waals surface area contributed by atoms with E-state index in [9.17, 15) is 9.90 Å². The van der Waals surface area contributed by atoms with E-state index in [2.05, 4.69) is 18.9 Å². The first-order valence-electron chi connectivity index (χ1n) is 8.89. The summed E-state index contributed by atoms with van der Waals surface area (Å²) in [6, 6.07) is 0. The lowest BCUT2D eigenvalue weighted by atomic mass is 9.51. The zero-order chi connectivity index (χ0) is 15.5. The van der Waals surface area contributed by atoms with Crippen LogP contribution >= 0.6 is 0 Å². The van der Waals surface area contributed by atoms with E-state index in [-0.39, 0.29) is 5.41 Å². The van der Waals surface area contributed by atoms with Gasteiger partial charge < -0.3 is 5.11 Å². The van der Waals surface area contributed by atoms with Crippen LogP contribution in [0.15, 0.2) is 11.6 Å². The van der Waals surface area contributed by atoms with Crippen LogP contribution in [0.25, 0.3) is 0 Å². The third-order valence-electron chi connectivity index (χ3n) is 7.66. The normalized spacial score (nSPS) is 50.4. The van der Waals surface area contributed by atoms with E-state index >= 15 is 0 Å². The van der Waals surface area contributed by atoms with Crippen molar-refractivity contribution in [3.8, 4) is 12.3 Å². The summed E-state index contributed by atoms with van der Waals surface area (Å²) < 4.78 is 0. The van der Waals surface area contributed by atoms with Crippen LogP contribution in [0.2, 0.25) is 0 Å². The zero-order valence-corrected chi connectivity index (χ0v) is 13.5. The predicted molar refractivity (Wildman–Crippen MR) is 85.9 cm³/mol. The molecule has 0 bridgehead atoms. The van der Waals surface area contributed by atoms with Crippen LogP contribution in [-0.4, -0.2) is 16.5 Å². The van der Waals surface area contributed by atoms with Crippen molar-refractivity contribution < 1.29 is 9.90 Å². The summed E-state index contributed by atoms with van der Waals surface area (Å²) in [5.74, 6) is 5.69. The molecule has 0 aromatic heterocycles. The van der Waals surface area contributed by atoms with Gasteiger partial charge in [0.1, 0.15) is 11.4 Å². The maximum atomic E-state index is 11.7. The van der Waals surface area contributed by atoms with E-state index < -0.39 is 5.60 Å². The van der Waals surface area contributed by atoms with Gasteiger partial charge in [-0.15, -0.1) is 6.42 Å². The largest absolute Gasteiger partial charge is 0.377 e. The number of Topliss-reactive ketones (excluding diaryl/α,β-unsaturated/α-hetero) is 1. The van der Waals surface area contributed by atoms with Gasteiger partial charge in [-0.05, 0) is 62.2 Å². The van der Waals surface area contributed by atoms with Crippen LogP contribution in [0.1, 0.15) is 58.3 Å². The van der Waals surface area contributed by atoms with Gasteiger partial charge in [0.05, 0.1) is 0 Å². The first kappa shape index (κ1) is 14.5. The Morgan fingerprint density at radius 2 is 2.09 bits per heavy atom. The van der Waals surface area contributed by atoms with Gasteiger partial charge >= 0.3 is 0 Å². The number of terminal acetylenes is 1. The molecule has 6 atom stereocenters. The molecule has 0 spiro atoms. The molecule has 2 heteroatoms. The molecule has 0 radical (unpaired) electrons. The van der Waals surface area contributed by atoms with Crippen LogP contribution in [0, 0.1) is 41.4 Å². The van der Waals surface area contributed by atoms with Crippen molar-refractivity contribution in [2.45, 2.75) is 63.9 Å². The Labute approximate surface area is 133 Å². The number of aliphatic hydroxyl groups is 1. The maximum Gasteiger partial charge on any atom is 0.136 e. The lowest BCUT2D eigenvalue weighted by Gasteiger charge is -2.54. The number of allylic oxidation sites excluding steroid dienone is 2. The van der Waals surface area contributed by atoms with Crippen molar-refractivity contribution in [1.29, 1.82) is 0 Å². The first-order chi connectivity index (χ1) is 10.5. The van der Waals surface area contributed by atoms with E-state index in [1.165, 1.54) is 5.57 Å². The van der Waals surface area contributed by atoms with Crippen molar-refractivity contribution in [1.82, 2.24) is 0 Å². The summed E-state index contributed by atoms with van der Waals surface area (Å²) in [5, 5.41) is 10.9. The molecule has 0 amide bonds. The van der Waals surface area contributed by atoms with Gasteiger partial charge in [-0.3, -0.25) is 4.79 Å². The van der Waals surface area contributed by atoms with Crippen molar-refractivity contribution in [2.24, 2.45) is 29.1 Å². The fourth-order valence-corrected chi connectivity index (χ4v) is 6.36. The molecule has 22 heavy (non-hydrogen) atoms.